The van der Waals surface area contributed by atoms with Gasteiger partial charge in [-0.15, -0.1) is 0 Å². The van der Waals surface area contributed by atoms with E-state index in [4.69, 9.17) is 4.74 Å². The molecule has 2 aromatic rings. The highest BCUT2D eigenvalue weighted by Gasteiger charge is 2.41. The molecule has 0 saturated heterocycles. The molecule has 3 rings (SSSR count). The van der Waals surface area contributed by atoms with Crippen molar-refractivity contribution in [3.8, 4) is 0 Å². The lowest BCUT2D eigenvalue weighted by Crippen LogP contribution is -2.44. The minimum absolute atomic E-state index is 0.218. The lowest BCUT2D eigenvalue weighted by Gasteiger charge is -2.20. The fraction of sp³-hybridized carbons (Fsp3) is 0.190. The van der Waals surface area contributed by atoms with Crippen LogP contribution < -0.4 is 10.6 Å². The van der Waals surface area contributed by atoms with Gasteiger partial charge < -0.3 is 15.4 Å². The Morgan fingerprint density at radius 3 is 2.23 bits per heavy atom. The van der Waals surface area contributed by atoms with Gasteiger partial charge in [0.05, 0.1) is 11.1 Å². The SMILES string of the molecule is CNC(=O)c1cccc(NC(=O)COC(=O)[C@@H](C)N2C(=O)c3ccccc3C2=O)c1. The first kappa shape index (κ1) is 20.7. The van der Waals surface area contributed by atoms with E-state index in [-0.39, 0.29) is 17.0 Å². The molecule has 0 bridgehead atoms. The first-order valence-electron chi connectivity index (χ1n) is 9.09. The van der Waals surface area contributed by atoms with Crippen LogP contribution in [-0.2, 0) is 14.3 Å². The standard InChI is InChI=1S/C21H19N3O6/c1-12(24-19(27)15-8-3-4-9-16(15)20(24)28)21(29)30-11-17(25)23-14-7-5-6-13(10-14)18(26)22-2/h3-10,12H,11H2,1-2H3,(H,22,26)(H,23,25)/t12-/m1/s1. The van der Waals surface area contributed by atoms with Crippen LogP contribution in [0.2, 0.25) is 0 Å². The molecule has 1 heterocycles. The normalized spacial score (nSPS) is 13.5. The maximum atomic E-state index is 12.4. The Bertz CT molecular complexity index is 1010. The number of esters is 1. The molecule has 0 aromatic heterocycles. The third-order valence-electron chi connectivity index (χ3n) is 4.53. The summed E-state index contributed by atoms with van der Waals surface area (Å²) in [5, 5.41) is 4.99. The van der Waals surface area contributed by atoms with E-state index < -0.39 is 36.3 Å². The van der Waals surface area contributed by atoms with Crippen LogP contribution in [0.3, 0.4) is 0 Å². The van der Waals surface area contributed by atoms with Crippen LogP contribution in [0, 0.1) is 0 Å². The fourth-order valence-electron chi connectivity index (χ4n) is 3.00. The van der Waals surface area contributed by atoms with Gasteiger partial charge in [-0.3, -0.25) is 24.1 Å². The maximum Gasteiger partial charge on any atom is 0.329 e. The summed E-state index contributed by atoms with van der Waals surface area (Å²) < 4.78 is 4.97. The zero-order valence-corrected chi connectivity index (χ0v) is 16.3. The molecule has 0 saturated carbocycles. The van der Waals surface area contributed by atoms with Crippen molar-refractivity contribution in [3.63, 3.8) is 0 Å². The van der Waals surface area contributed by atoms with E-state index in [2.05, 4.69) is 10.6 Å². The van der Waals surface area contributed by atoms with E-state index in [9.17, 15) is 24.0 Å². The summed E-state index contributed by atoms with van der Waals surface area (Å²) in [4.78, 5) is 61.7. The first-order valence-corrected chi connectivity index (χ1v) is 9.09. The number of amides is 4. The summed E-state index contributed by atoms with van der Waals surface area (Å²) in [5.74, 6) is -3.01. The van der Waals surface area contributed by atoms with E-state index in [0.717, 1.165) is 4.90 Å². The Balaban J connectivity index is 1.58. The summed E-state index contributed by atoms with van der Waals surface area (Å²) in [6, 6.07) is 11.3. The largest absolute Gasteiger partial charge is 0.454 e. The van der Waals surface area contributed by atoms with Crippen LogP contribution in [0.5, 0.6) is 0 Å². The van der Waals surface area contributed by atoms with Crippen molar-refractivity contribution in [2.24, 2.45) is 0 Å². The third kappa shape index (κ3) is 4.04. The number of benzene rings is 2. The molecule has 1 aliphatic rings. The first-order chi connectivity index (χ1) is 14.3. The lowest BCUT2D eigenvalue weighted by molar-refractivity contribution is -0.150. The summed E-state index contributed by atoms with van der Waals surface area (Å²) in [6.45, 7) is 0.741. The molecule has 0 aliphatic carbocycles. The van der Waals surface area contributed by atoms with Gasteiger partial charge in [-0.1, -0.05) is 18.2 Å². The third-order valence-corrected chi connectivity index (χ3v) is 4.53. The highest BCUT2D eigenvalue weighted by Crippen LogP contribution is 2.24. The number of ether oxygens (including phenoxy) is 1. The van der Waals surface area contributed by atoms with Crippen molar-refractivity contribution in [1.29, 1.82) is 0 Å². The van der Waals surface area contributed by atoms with Crippen molar-refractivity contribution in [2.45, 2.75) is 13.0 Å². The van der Waals surface area contributed by atoms with Gasteiger partial charge in [0.15, 0.2) is 6.61 Å². The summed E-state index contributed by atoms with van der Waals surface area (Å²) in [5.41, 5.74) is 1.14. The van der Waals surface area contributed by atoms with E-state index in [1.807, 2.05) is 0 Å². The Hall–Kier alpha value is -4.01. The van der Waals surface area contributed by atoms with Gasteiger partial charge in [-0.2, -0.15) is 0 Å². The van der Waals surface area contributed by atoms with Gasteiger partial charge in [0.1, 0.15) is 6.04 Å². The molecule has 0 unspecified atom stereocenters. The molecule has 9 nitrogen and oxygen atoms in total. The average Bonchev–Trinajstić information content (AvgIpc) is 3.01. The predicted octanol–water partition coefficient (Wildman–Crippen LogP) is 1.21. The zero-order valence-electron chi connectivity index (χ0n) is 16.3. The van der Waals surface area contributed by atoms with E-state index >= 15 is 0 Å². The van der Waals surface area contributed by atoms with Crippen molar-refractivity contribution in [3.05, 3.63) is 65.2 Å². The molecule has 4 amide bonds. The van der Waals surface area contributed by atoms with Crippen molar-refractivity contribution < 1.29 is 28.7 Å². The zero-order chi connectivity index (χ0) is 21.8. The molecule has 2 aromatic carbocycles. The number of carbonyl (C=O) groups is 5. The number of hydrogen-bond acceptors (Lipinski definition) is 6. The average molecular weight is 409 g/mol. The van der Waals surface area contributed by atoms with Crippen LogP contribution in [0.1, 0.15) is 38.0 Å². The molecule has 0 spiro atoms. The van der Waals surface area contributed by atoms with E-state index in [1.54, 1.807) is 30.3 Å². The van der Waals surface area contributed by atoms with Gasteiger partial charge in [0.2, 0.25) is 0 Å². The molecule has 30 heavy (non-hydrogen) atoms. The number of fused-ring (bicyclic) bond motifs is 1. The number of carbonyl (C=O) groups excluding carboxylic acids is 5. The Kier molecular flexibility index (Phi) is 5.91. The van der Waals surface area contributed by atoms with Crippen molar-refractivity contribution in [2.75, 3.05) is 19.0 Å². The van der Waals surface area contributed by atoms with Crippen LogP contribution in [0.25, 0.3) is 0 Å². The number of nitrogens with one attached hydrogen (secondary N) is 2. The molecule has 1 aliphatic heterocycles. The summed E-state index contributed by atoms with van der Waals surface area (Å²) in [7, 11) is 1.49. The molecular weight excluding hydrogens is 390 g/mol. The van der Waals surface area contributed by atoms with Crippen LogP contribution in [0.15, 0.2) is 48.5 Å². The number of imide groups is 1. The smallest absolute Gasteiger partial charge is 0.329 e. The second-order valence-corrected chi connectivity index (χ2v) is 6.52. The second-order valence-electron chi connectivity index (χ2n) is 6.52. The predicted molar refractivity (Wildman–Crippen MR) is 106 cm³/mol. The Morgan fingerprint density at radius 2 is 1.63 bits per heavy atom. The molecule has 9 heteroatoms. The monoisotopic (exact) mass is 409 g/mol. The van der Waals surface area contributed by atoms with Gasteiger partial charge >= 0.3 is 5.97 Å². The van der Waals surface area contributed by atoms with Crippen LogP contribution in [-0.4, -0.2) is 54.2 Å². The Labute approximate surface area is 172 Å². The highest BCUT2D eigenvalue weighted by molar-refractivity contribution is 6.22. The minimum Gasteiger partial charge on any atom is -0.454 e. The van der Waals surface area contributed by atoms with E-state index in [0.29, 0.717) is 11.3 Å². The van der Waals surface area contributed by atoms with Crippen molar-refractivity contribution >= 4 is 35.3 Å². The number of anilines is 1. The molecular formula is C21H19N3O6. The van der Waals surface area contributed by atoms with Crippen LogP contribution in [0.4, 0.5) is 5.69 Å². The lowest BCUT2D eigenvalue weighted by atomic mass is 10.1. The molecule has 0 fully saturated rings. The van der Waals surface area contributed by atoms with Gasteiger partial charge in [-0.05, 0) is 37.3 Å². The number of nitrogens with zero attached hydrogens (tertiary/aromatic N) is 1. The molecule has 1 atom stereocenters. The van der Waals surface area contributed by atoms with Gasteiger partial charge in [0.25, 0.3) is 23.6 Å². The number of hydrogen-bond donors (Lipinski definition) is 2. The topological polar surface area (TPSA) is 122 Å². The summed E-state index contributed by atoms with van der Waals surface area (Å²) >= 11 is 0. The van der Waals surface area contributed by atoms with Gasteiger partial charge in [0, 0.05) is 18.3 Å². The van der Waals surface area contributed by atoms with Crippen molar-refractivity contribution in [1.82, 2.24) is 10.2 Å². The Morgan fingerprint density at radius 1 is 1.00 bits per heavy atom. The quantitative estimate of drug-likeness (QED) is 0.546. The number of rotatable bonds is 6. The highest BCUT2D eigenvalue weighted by atomic mass is 16.5. The molecule has 2 N–H and O–H groups in total. The van der Waals surface area contributed by atoms with Crippen LogP contribution >= 0.6 is 0 Å². The maximum absolute atomic E-state index is 12.4. The fourth-order valence-corrected chi connectivity index (χ4v) is 3.00. The van der Waals surface area contributed by atoms with Gasteiger partial charge in [-0.25, -0.2) is 4.79 Å². The molecule has 0 radical (unpaired) electrons. The molecule has 154 valence electrons. The second kappa shape index (κ2) is 8.56. The summed E-state index contributed by atoms with van der Waals surface area (Å²) in [6.07, 6.45) is 0. The van der Waals surface area contributed by atoms with E-state index in [1.165, 1.54) is 32.2 Å². The minimum atomic E-state index is -1.19.